The first-order valence-electron chi connectivity index (χ1n) is 4.51. The molecule has 0 atom stereocenters. The summed E-state index contributed by atoms with van der Waals surface area (Å²) in [6.45, 7) is -1.37. The second-order valence-electron chi connectivity index (χ2n) is 3.33. The molecule has 0 saturated heterocycles. The van der Waals surface area contributed by atoms with Crippen molar-refractivity contribution in [1.82, 2.24) is 4.31 Å². The minimum Gasteiger partial charge on any atom is -0.399 e. The number of fused-ring (bicyclic) bond motifs is 1. The van der Waals surface area contributed by atoms with Crippen LogP contribution in [0.4, 0.5) is 10.1 Å². The molecule has 0 spiro atoms. The molecular weight excluding hydrogens is 235 g/mol. The summed E-state index contributed by atoms with van der Waals surface area (Å²) in [4.78, 5) is 11.6. The fourth-order valence-corrected chi connectivity index (χ4v) is 3.13. The first kappa shape index (κ1) is 10.9. The molecule has 2 N–H and O–H groups in total. The Labute approximate surface area is 91.7 Å². The molecule has 0 unspecified atom stereocenters. The van der Waals surface area contributed by atoms with E-state index < -0.39 is 29.1 Å². The number of nitrogens with two attached hydrogens (primary N) is 1. The van der Waals surface area contributed by atoms with Crippen LogP contribution in [0.1, 0.15) is 10.4 Å². The molecule has 5 nitrogen and oxygen atoms in total. The average Bonchev–Trinajstić information content (AvgIpc) is 2.40. The van der Waals surface area contributed by atoms with Gasteiger partial charge in [0.15, 0.2) is 0 Å². The number of nitrogens with zero attached hydrogens (tertiary/aromatic N) is 1. The number of carbonyl (C=O) groups excluding carboxylic acids is 1. The van der Waals surface area contributed by atoms with Crippen molar-refractivity contribution in [2.24, 2.45) is 0 Å². The quantitative estimate of drug-likeness (QED) is 0.763. The second kappa shape index (κ2) is 3.44. The summed E-state index contributed by atoms with van der Waals surface area (Å²) in [6.07, 6.45) is 0. The van der Waals surface area contributed by atoms with E-state index in [0.29, 0.717) is 9.99 Å². The van der Waals surface area contributed by atoms with Gasteiger partial charge in [0.25, 0.3) is 15.9 Å². The van der Waals surface area contributed by atoms with Crippen LogP contribution in [0.25, 0.3) is 0 Å². The maximum absolute atomic E-state index is 12.2. The molecule has 7 heteroatoms. The number of hydrogen-bond donors (Lipinski definition) is 1. The molecule has 1 aromatic rings. The van der Waals surface area contributed by atoms with Crippen molar-refractivity contribution in [3.8, 4) is 0 Å². The van der Waals surface area contributed by atoms with Crippen LogP contribution in [0.5, 0.6) is 0 Å². The second-order valence-corrected chi connectivity index (χ2v) is 5.16. The van der Waals surface area contributed by atoms with Gasteiger partial charge in [-0.2, -0.15) is 0 Å². The molecule has 86 valence electrons. The lowest BCUT2D eigenvalue weighted by Crippen LogP contribution is -2.31. The number of amides is 1. The molecule has 1 aromatic carbocycles. The number of carbonyl (C=O) groups is 1. The van der Waals surface area contributed by atoms with Gasteiger partial charge in [-0.25, -0.2) is 17.1 Å². The van der Waals surface area contributed by atoms with Crippen LogP contribution in [0.15, 0.2) is 23.1 Å². The summed E-state index contributed by atoms with van der Waals surface area (Å²) in [5, 5.41) is 0. The Hall–Kier alpha value is -1.63. The van der Waals surface area contributed by atoms with E-state index in [9.17, 15) is 17.6 Å². The number of benzene rings is 1. The van der Waals surface area contributed by atoms with Gasteiger partial charge in [-0.1, -0.05) is 0 Å². The molecular formula is C9H9FN2O3S. The molecule has 2 rings (SSSR count). The van der Waals surface area contributed by atoms with Gasteiger partial charge in [0.2, 0.25) is 0 Å². The lowest BCUT2D eigenvalue weighted by atomic mass is 10.2. The van der Waals surface area contributed by atoms with Gasteiger partial charge in [-0.3, -0.25) is 4.79 Å². The largest absolute Gasteiger partial charge is 0.399 e. The highest BCUT2D eigenvalue weighted by atomic mass is 32.2. The Morgan fingerprint density at radius 2 is 2.06 bits per heavy atom. The number of anilines is 1. The van der Waals surface area contributed by atoms with Crippen LogP contribution in [0.2, 0.25) is 0 Å². The van der Waals surface area contributed by atoms with E-state index in [-0.39, 0.29) is 10.5 Å². The Morgan fingerprint density at radius 1 is 1.38 bits per heavy atom. The van der Waals surface area contributed by atoms with Crippen molar-refractivity contribution < 1.29 is 17.6 Å². The minimum atomic E-state index is -3.89. The molecule has 16 heavy (non-hydrogen) atoms. The molecule has 0 fully saturated rings. The highest BCUT2D eigenvalue weighted by molar-refractivity contribution is 7.90. The fraction of sp³-hybridized carbons (Fsp3) is 0.222. The Bertz CT molecular complexity index is 556. The lowest BCUT2D eigenvalue weighted by molar-refractivity contribution is 0.0865. The molecule has 0 saturated carbocycles. The Balaban J connectivity index is 2.62. The van der Waals surface area contributed by atoms with Crippen LogP contribution in [-0.4, -0.2) is 31.8 Å². The number of hydrogen-bond acceptors (Lipinski definition) is 4. The van der Waals surface area contributed by atoms with Crippen LogP contribution >= 0.6 is 0 Å². The zero-order chi connectivity index (χ0) is 11.9. The summed E-state index contributed by atoms with van der Waals surface area (Å²) >= 11 is 0. The summed E-state index contributed by atoms with van der Waals surface area (Å²) in [6, 6.07) is 3.94. The number of rotatable bonds is 2. The van der Waals surface area contributed by atoms with E-state index in [0.717, 1.165) is 0 Å². The number of nitrogen functional groups attached to an aromatic ring is 1. The van der Waals surface area contributed by atoms with Crippen molar-refractivity contribution in [2.75, 3.05) is 19.0 Å². The molecule has 0 bridgehead atoms. The average molecular weight is 244 g/mol. The van der Waals surface area contributed by atoms with Crippen LogP contribution in [-0.2, 0) is 10.0 Å². The van der Waals surface area contributed by atoms with E-state index in [1.165, 1.54) is 18.2 Å². The number of halogens is 1. The number of alkyl halides is 1. The van der Waals surface area contributed by atoms with E-state index in [4.69, 9.17) is 5.73 Å². The Kier molecular flexibility index (Phi) is 2.34. The molecule has 0 radical (unpaired) electrons. The summed E-state index contributed by atoms with van der Waals surface area (Å²) < 4.78 is 36.3. The maximum Gasteiger partial charge on any atom is 0.269 e. The zero-order valence-corrected chi connectivity index (χ0v) is 9.00. The smallest absolute Gasteiger partial charge is 0.269 e. The fourth-order valence-electron chi connectivity index (χ4n) is 1.60. The summed E-state index contributed by atoms with van der Waals surface area (Å²) in [5.74, 6) is -0.722. The predicted octanol–water partition coefficient (Wildman–Crippen LogP) is 0.383. The first-order valence-corrected chi connectivity index (χ1v) is 5.95. The lowest BCUT2D eigenvalue weighted by Gasteiger charge is -2.11. The van der Waals surface area contributed by atoms with Gasteiger partial charge < -0.3 is 5.73 Å². The van der Waals surface area contributed by atoms with Gasteiger partial charge in [0.05, 0.1) is 12.1 Å². The highest BCUT2D eigenvalue weighted by Crippen LogP contribution is 2.31. The molecule has 1 amide bonds. The predicted molar refractivity (Wildman–Crippen MR) is 55.1 cm³/mol. The molecule has 1 aliphatic heterocycles. The standard InChI is InChI=1S/C9H9FN2O3S/c10-3-4-12-9(13)7-5-6(11)1-2-8(7)16(12,14)15/h1-2,5H,3-4,11H2. The van der Waals surface area contributed by atoms with Gasteiger partial charge in [0, 0.05) is 5.69 Å². The van der Waals surface area contributed by atoms with Crippen LogP contribution < -0.4 is 5.73 Å². The third kappa shape index (κ3) is 1.35. The van der Waals surface area contributed by atoms with E-state index >= 15 is 0 Å². The number of sulfonamides is 1. The van der Waals surface area contributed by atoms with Crippen LogP contribution in [0.3, 0.4) is 0 Å². The molecule has 0 aliphatic carbocycles. The topological polar surface area (TPSA) is 80.5 Å². The van der Waals surface area contributed by atoms with E-state index in [2.05, 4.69) is 0 Å². The summed E-state index contributed by atoms with van der Waals surface area (Å²) in [7, 11) is -3.89. The zero-order valence-electron chi connectivity index (χ0n) is 8.18. The van der Waals surface area contributed by atoms with Gasteiger partial charge in [0.1, 0.15) is 11.6 Å². The van der Waals surface area contributed by atoms with E-state index in [1.54, 1.807) is 0 Å². The highest BCUT2D eigenvalue weighted by Gasteiger charge is 2.40. The van der Waals surface area contributed by atoms with Crippen molar-refractivity contribution in [1.29, 1.82) is 0 Å². The van der Waals surface area contributed by atoms with Gasteiger partial charge in [-0.05, 0) is 18.2 Å². The molecule has 1 aliphatic rings. The third-order valence-corrected chi connectivity index (χ3v) is 4.16. The van der Waals surface area contributed by atoms with Gasteiger partial charge in [-0.15, -0.1) is 0 Å². The molecule has 1 heterocycles. The van der Waals surface area contributed by atoms with Crippen molar-refractivity contribution in [3.05, 3.63) is 23.8 Å². The normalized spacial score (nSPS) is 17.6. The van der Waals surface area contributed by atoms with Crippen molar-refractivity contribution in [3.63, 3.8) is 0 Å². The van der Waals surface area contributed by atoms with E-state index in [1.807, 2.05) is 0 Å². The summed E-state index contributed by atoms with van der Waals surface area (Å²) in [5.41, 5.74) is 5.76. The first-order chi connectivity index (χ1) is 7.48. The van der Waals surface area contributed by atoms with Gasteiger partial charge >= 0.3 is 0 Å². The van der Waals surface area contributed by atoms with Crippen molar-refractivity contribution in [2.45, 2.75) is 4.90 Å². The third-order valence-electron chi connectivity index (χ3n) is 2.32. The SMILES string of the molecule is Nc1ccc2c(c1)C(=O)N(CCF)S2(=O)=O. The van der Waals surface area contributed by atoms with Crippen LogP contribution in [0, 0.1) is 0 Å². The maximum atomic E-state index is 12.2. The molecule has 0 aromatic heterocycles. The minimum absolute atomic E-state index is 0.00782. The monoisotopic (exact) mass is 244 g/mol. The van der Waals surface area contributed by atoms with Crippen molar-refractivity contribution >= 4 is 21.6 Å². The Morgan fingerprint density at radius 3 is 2.69 bits per heavy atom.